The summed E-state index contributed by atoms with van der Waals surface area (Å²) in [7, 11) is -7.01. The molecule has 1 atom stereocenters. The first-order chi connectivity index (χ1) is 10.7. The molecule has 130 valence electrons. The van der Waals surface area contributed by atoms with Crippen LogP contribution >= 0.6 is 27.5 Å². The lowest BCUT2D eigenvalue weighted by atomic mass is 10.2. The third-order valence-electron chi connectivity index (χ3n) is 3.83. The number of unbranched alkanes of at least 4 members (excludes halogenated alkanes) is 1. The second-order valence-electron chi connectivity index (χ2n) is 5.60. The SMILES string of the molecule is CCCCN([C@@H]1CCS(=O)(=O)C1)S(=O)(=O)c1ccc(Br)cc1Cl. The minimum atomic E-state index is -3.84. The molecule has 1 saturated heterocycles. The van der Waals surface area contributed by atoms with E-state index in [0.29, 0.717) is 23.9 Å². The molecule has 0 bridgehead atoms. The number of sulfonamides is 1. The quantitative estimate of drug-likeness (QED) is 0.676. The van der Waals surface area contributed by atoms with Crippen LogP contribution < -0.4 is 0 Å². The molecule has 1 aromatic carbocycles. The van der Waals surface area contributed by atoms with Gasteiger partial charge in [0.15, 0.2) is 9.84 Å². The van der Waals surface area contributed by atoms with Crippen LogP contribution in [0.2, 0.25) is 5.02 Å². The van der Waals surface area contributed by atoms with Crippen molar-refractivity contribution in [3.05, 3.63) is 27.7 Å². The molecular weight excluding hydrogens is 426 g/mol. The van der Waals surface area contributed by atoms with Gasteiger partial charge in [-0.15, -0.1) is 0 Å². The van der Waals surface area contributed by atoms with E-state index in [9.17, 15) is 16.8 Å². The summed E-state index contributed by atoms with van der Waals surface area (Å²) in [4.78, 5) is 0.0165. The molecule has 0 spiro atoms. The van der Waals surface area contributed by atoms with Gasteiger partial charge >= 0.3 is 0 Å². The number of rotatable bonds is 6. The normalized spacial score (nSPS) is 21.0. The summed E-state index contributed by atoms with van der Waals surface area (Å²) in [5.74, 6) is -0.0893. The molecule has 9 heteroatoms. The molecule has 23 heavy (non-hydrogen) atoms. The lowest BCUT2D eigenvalue weighted by Gasteiger charge is -2.27. The molecule has 0 amide bonds. The van der Waals surface area contributed by atoms with Gasteiger partial charge in [-0.3, -0.25) is 0 Å². The lowest BCUT2D eigenvalue weighted by molar-refractivity contribution is 0.335. The van der Waals surface area contributed by atoms with Crippen molar-refractivity contribution in [2.75, 3.05) is 18.1 Å². The average molecular weight is 445 g/mol. The van der Waals surface area contributed by atoms with Crippen molar-refractivity contribution in [3.8, 4) is 0 Å². The fourth-order valence-electron chi connectivity index (χ4n) is 2.63. The Morgan fingerprint density at radius 2 is 2.09 bits per heavy atom. The van der Waals surface area contributed by atoms with Crippen molar-refractivity contribution < 1.29 is 16.8 Å². The Kier molecular flexibility index (Phi) is 6.16. The highest BCUT2D eigenvalue weighted by Crippen LogP contribution is 2.31. The summed E-state index contributed by atoms with van der Waals surface area (Å²) in [5, 5.41) is 0.127. The Hall–Kier alpha value is -0.150. The van der Waals surface area contributed by atoms with Crippen molar-refractivity contribution in [3.63, 3.8) is 0 Å². The molecule has 0 radical (unpaired) electrons. The van der Waals surface area contributed by atoms with Crippen LogP contribution in [-0.4, -0.2) is 45.2 Å². The van der Waals surface area contributed by atoms with Gasteiger partial charge < -0.3 is 0 Å². The zero-order valence-electron chi connectivity index (χ0n) is 12.7. The maximum Gasteiger partial charge on any atom is 0.244 e. The summed E-state index contributed by atoms with van der Waals surface area (Å²) in [5.41, 5.74) is 0. The largest absolute Gasteiger partial charge is 0.244 e. The molecule has 1 fully saturated rings. The van der Waals surface area contributed by atoms with Crippen molar-refractivity contribution in [1.29, 1.82) is 0 Å². The number of hydrogen-bond donors (Lipinski definition) is 0. The predicted octanol–water partition coefficient (Wildman–Crippen LogP) is 3.08. The van der Waals surface area contributed by atoms with E-state index in [1.807, 2.05) is 6.92 Å². The Balaban J connectivity index is 2.41. The van der Waals surface area contributed by atoms with Crippen molar-refractivity contribution in [2.24, 2.45) is 0 Å². The smallest absolute Gasteiger partial charge is 0.229 e. The number of benzene rings is 1. The number of halogens is 2. The van der Waals surface area contributed by atoms with Gasteiger partial charge in [-0.2, -0.15) is 4.31 Å². The first-order valence-electron chi connectivity index (χ1n) is 7.34. The topological polar surface area (TPSA) is 71.5 Å². The van der Waals surface area contributed by atoms with Crippen LogP contribution in [0.3, 0.4) is 0 Å². The summed E-state index contributed by atoms with van der Waals surface area (Å²) in [6.45, 7) is 2.26. The second-order valence-corrected chi connectivity index (χ2v) is 11.0. The third kappa shape index (κ3) is 4.48. The van der Waals surface area contributed by atoms with Crippen molar-refractivity contribution >= 4 is 47.4 Å². The van der Waals surface area contributed by atoms with Gasteiger partial charge in [0.1, 0.15) is 4.90 Å². The Bertz CT molecular complexity index is 780. The molecule has 0 aliphatic carbocycles. The minimum absolute atomic E-state index is 0.0165. The summed E-state index contributed by atoms with van der Waals surface area (Å²) >= 11 is 9.35. The molecule has 5 nitrogen and oxygen atoms in total. The van der Waals surface area contributed by atoms with E-state index in [-0.39, 0.29) is 21.4 Å². The van der Waals surface area contributed by atoms with E-state index in [4.69, 9.17) is 11.6 Å². The molecule has 1 heterocycles. The summed E-state index contributed by atoms with van der Waals surface area (Å²) in [6.07, 6.45) is 1.82. The Labute approximate surface area is 151 Å². The van der Waals surface area contributed by atoms with Crippen LogP contribution in [0.4, 0.5) is 0 Å². The second kappa shape index (κ2) is 7.39. The van der Waals surface area contributed by atoms with E-state index in [1.165, 1.54) is 16.4 Å². The van der Waals surface area contributed by atoms with E-state index in [0.717, 1.165) is 6.42 Å². The van der Waals surface area contributed by atoms with E-state index < -0.39 is 25.9 Å². The van der Waals surface area contributed by atoms with Crippen LogP contribution in [0.25, 0.3) is 0 Å². The zero-order valence-corrected chi connectivity index (χ0v) is 16.7. The maximum atomic E-state index is 13.0. The van der Waals surface area contributed by atoms with Gasteiger partial charge in [0.25, 0.3) is 0 Å². The van der Waals surface area contributed by atoms with Gasteiger partial charge in [-0.1, -0.05) is 40.9 Å². The molecule has 0 aromatic heterocycles. The number of nitrogens with zero attached hydrogens (tertiary/aromatic N) is 1. The lowest BCUT2D eigenvalue weighted by Crippen LogP contribution is -2.41. The fraction of sp³-hybridized carbons (Fsp3) is 0.571. The molecular formula is C14H19BrClNO4S2. The number of hydrogen-bond acceptors (Lipinski definition) is 4. The van der Waals surface area contributed by atoms with E-state index in [2.05, 4.69) is 15.9 Å². The Morgan fingerprint density at radius 1 is 1.39 bits per heavy atom. The van der Waals surface area contributed by atoms with Gasteiger partial charge in [0.05, 0.1) is 16.5 Å². The maximum absolute atomic E-state index is 13.0. The molecule has 1 aliphatic heterocycles. The molecule has 0 saturated carbocycles. The van der Waals surface area contributed by atoms with Crippen molar-refractivity contribution in [2.45, 2.75) is 37.1 Å². The summed E-state index contributed by atoms with van der Waals surface area (Å²) < 4.78 is 51.5. The van der Waals surface area contributed by atoms with E-state index in [1.54, 1.807) is 6.07 Å². The fourth-order valence-corrected chi connectivity index (χ4v) is 7.16. The molecule has 0 unspecified atom stereocenters. The van der Waals surface area contributed by atoms with Crippen LogP contribution in [0.15, 0.2) is 27.6 Å². The highest BCUT2D eigenvalue weighted by atomic mass is 79.9. The van der Waals surface area contributed by atoms with Gasteiger partial charge in [-0.05, 0) is 31.0 Å². The first-order valence-corrected chi connectivity index (χ1v) is 11.8. The highest BCUT2D eigenvalue weighted by Gasteiger charge is 2.39. The zero-order chi connectivity index (χ0) is 17.3. The van der Waals surface area contributed by atoms with Crippen LogP contribution in [0, 0.1) is 0 Å². The van der Waals surface area contributed by atoms with Crippen LogP contribution in [0.5, 0.6) is 0 Å². The monoisotopic (exact) mass is 443 g/mol. The standard InChI is InChI=1S/C14H19BrClNO4S2/c1-2-3-7-17(12-6-8-22(18,19)10-12)23(20,21)14-5-4-11(15)9-13(14)16/h4-5,9,12H,2-3,6-8,10H2,1H3/t12-/m1/s1. The molecule has 1 aliphatic rings. The third-order valence-corrected chi connectivity index (χ3v) is 8.51. The van der Waals surface area contributed by atoms with Gasteiger partial charge in [0, 0.05) is 17.1 Å². The minimum Gasteiger partial charge on any atom is -0.229 e. The predicted molar refractivity (Wildman–Crippen MR) is 95.0 cm³/mol. The van der Waals surface area contributed by atoms with Gasteiger partial charge in [0.2, 0.25) is 10.0 Å². The number of sulfone groups is 1. The average Bonchev–Trinajstić information content (AvgIpc) is 2.78. The Morgan fingerprint density at radius 3 is 2.61 bits per heavy atom. The van der Waals surface area contributed by atoms with Crippen molar-refractivity contribution in [1.82, 2.24) is 4.31 Å². The first kappa shape index (κ1) is 19.2. The van der Waals surface area contributed by atoms with E-state index >= 15 is 0 Å². The molecule has 1 aromatic rings. The van der Waals surface area contributed by atoms with Crippen LogP contribution in [-0.2, 0) is 19.9 Å². The van der Waals surface area contributed by atoms with Crippen LogP contribution in [0.1, 0.15) is 26.2 Å². The van der Waals surface area contributed by atoms with Gasteiger partial charge in [-0.25, -0.2) is 16.8 Å². The highest BCUT2D eigenvalue weighted by molar-refractivity contribution is 9.10. The molecule has 0 N–H and O–H groups in total. The summed E-state index contributed by atoms with van der Waals surface area (Å²) in [6, 6.07) is 4.07. The molecule has 2 rings (SSSR count).